The summed E-state index contributed by atoms with van der Waals surface area (Å²) in [6, 6.07) is 11.7. The van der Waals surface area contributed by atoms with E-state index in [1.165, 1.54) is 12.1 Å². The molecule has 0 fully saturated rings. The summed E-state index contributed by atoms with van der Waals surface area (Å²) in [5.74, 6) is 0.340. The zero-order valence-electron chi connectivity index (χ0n) is 15.5. The second-order valence-electron chi connectivity index (χ2n) is 6.40. The molecule has 2 N–H and O–H groups in total. The summed E-state index contributed by atoms with van der Waals surface area (Å²) in [4.78, 5) is 25.0. The van der Waals surface area contributed by atoms with Crippen molar-refractivity contribution >= 4 is 17.4 Å². The third kappa shape index (κ3) is 4.37. The fraction of sp³-hybridized carbons (Fsp3) is 0.143. The highest BCUT2D eigenvalue weighted by molar-refractivity contribution is 5.78. The number of imidazole rings is 1. The number of fused-ring (bicyclic) bond motifs is 1. The van der Waals surface area contributed by atoms with Gasteiger partial charge in [-0.15, -0.1) is 0 Å². The molecule has 7 nitrogen and oxygen atoms in total. The van der Waals surface area contributed by atoms with Crippen LogP contribution in [0.3, 0.4) is 0 Å². The Morgan fingerprint density at radius 2 is 1.97 bits per heavy atom. The fourth-order valence-electron chi connectivity index (χ4n) is 2.96. The predicted molar refractivity (Wildman–Crippen MR) is 108 cm³/mol. The molecule has 0 spiro atoms. The molecule has 0 saturated carbocycles. The standard InChI is InChI=1S/C21H19FN6O/c22-16-6-4-15(5-7-16)20-21(28-12-11-23-14-18(28)27-20)25-10-8-19(29)26-13-17-3-1-2-9-24-17/h1-7,9,11-12,14,25H,8,10,13H2,(H,26,29). The largest absolute Gasteiger partial charge is 0.369 e. The normalized spacial score (nSPS) is 10.8. The number of carbonyl (C=O) groups excluding carboxylic acids is 1. The lowest BCUT2D eigenvalue weighted by Crippen LogP contribution is -2.25. The molecule has 0 aliphatic carbocycles. The van der Waals surface area contributed by atoms with Crippen molar-refractivity contribution in [2.45, 2.75) is 13.0 Å². The number of carbonyl (C=O) groups is 1. The second kappa shape index (κ2) is 8.47. The summed E-state index contributed by atoms with van der Waals surface area (Å²) >= 11 is 0. The molecule has 0 bridgehead atoms. The third-order valence-corrected chi connectivity index (χ3v) is 4.39. The van der Waals surface area contributed by atoms with Crippen molar-refractivity contribution in [1.29, 1.82) is 0 Å². The Labute approximate surface area is 166 Å². The van der Waals surface area contributed by atoms with Gasteiger partial charge in [0.1, 0.15) is 17.3 Å². The van der Waals surface area contributed by atoms with E-state index in [-0.39, 0.29) is 18.1 Å². The van der Waals surface area contributed by atoms with Gasteiger partial charge >= 0.3 is 0 Å². The topological polar surface area (TPSA) is 84.2 Å². The molecule has 0 aliphatic rings. The Balaban J connectivity index is 1.45. The first-order valence-corrected chi connectivity index (χ1v) is 9.19. The Hall–Kier alpha value is -3.81. The Morgan fingerprint density at radius 3 is 2.76 bits per heavy atom. The summed E-state index contributed by atoms with van der Waals surface area (Å²) < 4.78 is 15.2. The highest BCUT2D eigenvalue weighted by atomic mass is 19.1. The van der Waals surface area contributed by atoms with Crippen LogP contribution >= 0.6 is 0 Å². The van der Waals surface area contributed by atoms with E-state index in [1.807, 2.05) is 22.6 Å². The van der Waals surface area contributed by atoms with E-state index < -0.39 is 0 Å². The second-order valence-corrected chi connectivity index (χ2v) is 6.40. The van der Waals surface area contributed by atoms with E-state index >= 15 is 0 Å². The van der Waals surface area contributed by atoms with Crippen LogP contribution in [0, 0.1) is 5.82 Å². The lowest BCUT2D eigenvalue weighted by molar-refractivity contribution is -0.121. The van der Waals surface area contributed by atoms with Crippen molar-refractivity contribution in [3.8, 4) is 11.3 Å². The molecular weight excluding hydrogens is 371 g/mol. The van der Waals surface area contributed by atoms with E-state index in [0.29, 0.717) is 24.4 Å². The highest BCUT2D eigenvalue weighted by Gasteiger charge is 2.14. The number of amides is 1. The number of anilines is 1. The van der Waals surface area contributed by atoms with Crippen LogP contribution in [0.15, 0.2) is 67.3 Å². The summed E-state index contributed by atoms with van der Waals surface area (Å²) in [5.41, 5.74) is 2.92. The van der Waals surface area contributed by atoms with Crippen molar-refractivity contribution in [2.75, 3.05) is 11.9 Å². The van der Waals surface area contributed by atoms with E-state index in [2.05, 4.69) is 25.6 Å². The number of aromatic nitrogens is 4. The quantitative estimate of drug-likeness (QED) is 0.507. The van der Waals surface area contributed by atoms with E-state index in [9.17, 15) is 9.18 Å². The lowest BCUT2D eigenvalue weighted by atomic mass is 10.1. The first-order valence-electron chi connectivity index (χ1n) is 9.19. The van der Waals surface area contributed by atoms with Crippen molar-refractivity contribution < 1.29 is 9.18 Å². The molecule has 3 heterocycles. The van der Waals surface area contributed by atoms with Crippen LogP contribution in [0.1, 0.15) is 12.1 Å². The SMILES string of the molecule is O=C(CCNc1c(-c2ccc(F)cc2)nc2cnccn12)NCc1ccccn1. The zero-order chi connectivity index (χ0) is 20.1. The monoisotopic (exact) mass is 390 g/mol. The first kappa shape index (κ1) is 18.5. The summed E-state index contributed by atoms with van der Waals surface area (Å²) in [5, 5.41) is 6.13. The smallest absolute Gasteiger partial charge is 0.222 e. The van der Waals surface area contributed by atoms with Crippen molar-refractivity contribution in [1.82, 2.24) is 24.7 Å². The average Bonchev–Trinajstić information content (AvgIpc) is 3.12. The Bertz CT molecular complexity index is 1110. The van der Waals surface area contributed by atoms with Crippen molar-refractivity contribution in [2.24, 2.45) is 0 Å². The lowest BCUT2D eigenvalue weighted by Gasteiger charge is -2.09. The van der Waals surface area contributed by atoms with Gasteiger partial charge in [0, 0.05) is 37.1 Å². The number of hydrogen-bond acceptors (Lipinski definition) is 5. The first-order chi connectivity index (χ1) is 14.2. The van der Waals surface area contributed by atoms with Crippen LogP contribution in [0.2, 0.25) is 0 Å². The van der Waals surface area contributed by atoms with Crippen LogP contribution in [0.5, 0.6) is 0 Å². The van der Waals surface area contributed by atoms with Gasteiger partial charge in [0.2, 0.25) is 5.91 Å². The number of benzene rings is 1. The van der Waals surface area contributed by atoms with Gasteiger partial charge in [-0.1, -0.05) is 6.07 Å². The molecule has 0 saturated heterocycles. The maximum atomic E-state index is 13.3. The van der Waals surface area contributed by atoms with E-state index in [1.54, 1.807) is 36.9 Å². The Kier molecular flexibility index (Phi) is 5.42. The summed E-state index contributed by atoms with van der Waals surface area (Å²) in [7, 11) is 0. The minimum Gasteiger partial charge on any atom is -0.369 e. The molecule has 0 unspecified atom stereocenters. The minimum atomic E-state index is -0.307. The van der Waals surface area contributed by atoms with Gasteiger partial charge < -0.3 is 10.6 Å². The number of rotatable bonds is 7. The molecule has 4 aromatic rings. The number of nitrogens with one attached hydrogen (secondary N) is 2. The molecule has 29 heavy (non-hydrogen) atoms. The average molecular weight is 390 g/mol. The van der Waals surface area contributed by atoms with Gasteiger partial charge in [-0.05, 0) is 36.4 Å². The van der Waals surface area contributed by atoms with Gasteiger partial charge in [-0.3, -0.25) is 19.2 Å². The number of hydrogen-bond donors (Lipinski definition) is 2. The molecule has 3 aromatic heterocycles. The fourth-order valence-corrected chi connectivity index (χ4v) is 2.96. The van der Waals surface area contributed by atoms with Crippen LogP contribution in [0.25, 0.3) is 16.9 Å². The molecule has 0 atom stereocenters. The number of pyridine rings is 1. The molecule has 0 radical (unpaired) electrons. The van der Waals surface area contributed by atoms with Crippen molar-refractivity contribution in [3.05, 3.63) is 78.8 Å². The molecule has 1 amide bonds. The van der Waals surface area contributed by atoms with E-state index in [4.69, 9.17) is 0 Å². The maximum Gasteiger partial charge on any atom is 0.222 e. The predicted octanol–water partition coefficient (Wildman–Crippen LogP) is 3.05. The van der Waals surface area contributed by atoms with Crippen LogP contribution in [-0.4, -0.2) is 31.8 Å². The molecule has 1 aromatic carbocycles. The Morgan fingerprint density at radius 1 is 1.10 bits per heavy atom. The van der Waals surface area contributed by atoms with Crippen LogP contribution in [-0.2, 0) is 11.3 Å². The molecule has 8 heteroatoms. The number of nitrogens with zero attached hydrogens (tertiary/aromatic N) is 4. The van der Waals surface area contributed by atoms with Crippen molar-refractivity contribution in [3.63, 3.8) is 0 Å². The molecule has 146 valence electrons. The summed E-state index contributed by atoms with van der Waals surface area (Å²) in [6.07, 6.45) is 7.08. The van der Waals surface area contributed by atoms with Gasteiger partial charge in [0.15, 0.2) is 5.65 Å². The third-order valence-electron chi connectivity index (χ3n) is 4.39. The zero-order valence-corrected chi connectivity index (χ0v) is 15.5. The van der Waals surface area contributed by atoms with E-state index in [0.717, 1.165) is 17.1 Å². The van der Waals surface area contributed by atoms with Gasteiger partial charge in [0.05, 0.1) is 18.4 Å². The molecular formula is C21H19FN6O. The summed E-state index contributed by atoms with van der Waals surface area (Å²) in [6.45, 7) is 0.806. The minimum absolute atomic E-state index is 0.0815. The van der Waals surface area contributed by atoms with Crippen LogP contribution < -0.4 is 10.6 Å². The molecule has 4 rings (SSSR count). The maximum absolute atomic E-state index is 13.3. The highest BCUT2D eigenvalue weighted by Crippen LogP contribution is 2.28. The van der Waals surface area contributed by atoms with Gasteiger partial charge in [-0.2, -0.15) is 0 Å². The number of halogens is 1. The van der Waals surface area contributed by atoms with Gasteiger partial charge in [0.25, 0.3) is 0 Å². The van der Waals surface area contributed by atoms with Crippen LogP contribution in [0.4, 0.5) is 10.2 Å². The molecule has 0 aliphatic heterocycles. The van der Waals surface area contributed by atoms with Gasteiger partial charge in [-0.25, -0.2) is 9.37 Å².